The van der Waals surface area contributed by atoms with E-state index in [0.29, 0.717) is 43.1 Å². The molecule has 7 heteroatoms. The number of benzene rings is 2. The molecule has 6 nitrogen and oxygen atoms in total. The second-order valence-electron chi connectivity index (χ2n) is 10.3. The summed E-state index contributed by atoms with van der Waals surface area (Å²) in [5.41, 5.74) is 7.48. The number of halogens is 1. The number of carbonyl (C=O) groups excluding carboxylic acids is 2. The molecule has 0 spiro atoms. The van der Waals surface area contributed by atoms with Crippen molar-refractivity contribution in [2.75, 3.05) is 26.2 Å². The van der Waals surface area contributed by atoms with Crippen LogP contribution in [-0.4, -0.2) is 54.1 Å². The highest BCUT2D eigenvalue weighted by Gasteiger charge is 2.47. The van der Waals surface area contributed by atoms with E-state index in [9.17, 15) is 14.7 Å². The first-order valence-corrected chi connectivity index (χ1v) is 14.3. The van der Waals surface area contributed by atoms with Crippen LogP contribution in [0.15, 0.2) is 78.4 Å². The molecule has 2 aromatic rings. The quantitative estimate of drug-likeness (QED) is 0.280. The van der Waals surface area contributed by atoms with Crippen molar-refractivity contribution in [3.63, 3.8) is 0 Å². The van der Waals surface area contributed by atoms with Crippen LogP contribution in [0.25, 0.3) is 0 Å². The van der Waals surface area contributed by atoms with Gasteiger partial charge in [0.1, 0.15) is 0 Å². The van der Waals surface area contributed by atoms with Gasteiger partial charge in [-0.25, -0.2) is 0 Å². The molecule has 1 aliphatic rings. The van der Waals surface area contributed by atoms with Crippen LogP contribution in [-0.2, 0) is 22.4 Å². The third-order valence-corrected chi connectivity index (χ3v) is 7.86. The molecule has 0 saturated carbocycles. The minimum absolute atomic E-state index is 0.0699. The molecule has 3 atom stereocenters. The first-order chi connectivity index (χ1) is 18.8. The van der Waals surface area contributed by atoms with Gasteiger partial charge in [-0.15, -0.1) is 0 Å². The van der Waals surface area contributed by atoms with Crippen LogP contribution in [0.1, 0.15) is 44.2 Å². The molecule has 0 fully saturated rings. The molecule has 1 aliphatic carbocycles. The number of aliphatic hydroxyl groups excluding tert-OH is 1. The molecule has 0 heterocycles. The predicted molar refractivity (Wildman–Crippen MR) is 158 cm³/mol. The summed E-state index contributed by atoms with van der Waals surface area (Å²) in [5, 5.41) is 15.6. The van der Waals surface area contributed by atoms with Crippen molar-refractivity contribution in [3.05, 3.63) is 94.5 Å². The van der Waals surface area contributed by atoms with Gasteiger partial charge in [-0.2, -0.15) is 0 Å². The number of carbonyl (C=O) groups is 2. The summed E-state index contributed by atoms with van der Waals surface area (Å²) in [5.74, 6) is -1.14. The highest BCUT2D eigenvalue weighted by molar-refractivity contribution is 6.31. The van der Waals surface area contributed by atoms with Crippen LogP contribution in [0.3, 0.4) is 0 Å². The molecule has 39 heavy (non-hydrogen) atoms. The van der Waals surface area contributed by atoms with Crippen LogP contribution >= 0.6 is 11.6 Å². The lowest BCUT2D eigenvalue weighted by atomic mass is 9.64. The van der Waals surface area contributed by atoms with Crippen molar-refractivity contribution >= 4 is 23.4 Å². The van der Waals surface area contributed by atoms with E-state index in [4.69, 9.17) is 17.3 Å². The zero-order chi connectivity index (χ0) is 28.3. The van der Waals surface area contributed by atoms with Gasteiger partial charge in [0.25, 0.3) is 0 Å². The largest absolute Gasteiger partial charge is 0.391 e. The number of nitrogens with one attached hydrogen (secondary N) is 1. The van der Waals surface area contributed by atoms with E-state index in [0.717, 1.165) is 24.0 Å². The Morgan fingerprint density at radius 3 is 2.38 bits per heavy atom. The first kappa shape index (κ1) is 30.6. The molecular weight excluding hydrogens is 510 g/mol. The summed E-state index contributed by atoms with van der Waals surface area (Å²) >= 11 is 6.29. The lowest BCUT2D eigenvalue weighted by Gasteiger charge is -2.41. The Kier molecular flexibility index (Phi) is 11.8. The number of nitrogens with two attached hydrogens (primary N) is 1. The lowest BCUT2D eigenvalue weighted by Crippen LogP contribution is -2.51. The number of aliphatic hydroxyl groups is 1. The minimum atomic E-state index is -1.20. The Hall–Kier alpha value is -2.93. The number of hydrogen-bond donors (Lipinski definition) is 3. The molecule has 3 rings (SSSR count). The van der Waals surface area contributed by atoms with E-state index < -0.39 is 23.3 Å². The summed E-state index contributed by atoms with van der Waals surface area (Å²) in [6, 6.07) is 17.5. The molecular formula is C32H42ClN3O3. The minimum Gasteiger partial charge on any atom is -0.391 e. The zero-order valence-corrected chi connectivity index (χ0v) is 23.9. The SMILES string of the molecule is CCCN(CCC)C(=O)C1=CC=CC(C(N)=O)([C@H](Cc2ccccc2)[C@@H](O)CNCCc2ccccc2Cl)C1. The lowest BCUT2D eigenvalue weighted by molar-refractivity contribution is -0.132. The number of rotatable bonds is 15. The van der Waals surface area contributed by atoms with Gasteiger partial charge in [0.05, 0.1) is 11.5 Å². The average molecular weight is 552 g/mol. The zero-order valence-electron chi connectivity index (χ0n) is 23.1. The average Bonchev–Trinajstić information content (AvgIpc) is 2.94. The molecule has 2 amide bonds. The summed E-state index contributed by atoms with van der Waals surface area (Å²) < 4.78 is 0. The predicted octanol–water partition coefficient (Wildman–Crippen LogP) is 4.70. The van der Waals surface area contributed by atoms with Crippen LogP contribution in [0, 0.1) is 11.3 Å². The van der Waals surface area contributed by atoms with E-state index in [-0.39, 0.29) is 18.9 Å². The van der Waals surface area contributed by atoms with Crippen LogP contribution < -0.4 is 11.1 Å². The summed E-state index contributed by atoms with van der Waals surface area (Å²) in [4.78, 5) is 28.6. The van der Waals surface area contributed by atoms with Crippen molar-refractivity contribution < 1.29 is 14.7 Å². The number of hydrogen-bond acceptors (Lipinski definition) is 4. The standard InChI is InChI=1S/C32H42ClN3O3/c1-3-19-36(20-4-2)30(38)26-14-10-17-32(22-26,31(34)39)27(21-24-11-6-5-7-12-24)29(37)23-35-18-16-25-13-8-9-15-28(25)33/h5-15,17,27,29,35,37H,3-4,16,18-23H2,1-2H3,(H2,34,39)/t27-,29+,32?/m1/s1. The van der Waals surface area contributed by atoms with Gasteiger partial charge in [-0.3, -0.25) is 9.59 Å². The van der Waals surface area contributed by atoms with Crippen molar-refractivity contribution in [1.29, 1.82) is 0 Å². The maximum Gasteiger partial charge on any atom is 0.249 e. The Morgan fingerprint density at radius 2 is 1.74 bits per heavy atom. The van der Waals surface area contributed by atoms with Crippen LogP contribution in [0.2, 0.25) is 5.02 Å². The molecule has 0 aliphatic heterocycles. The van der Waals surface area contributed by atoms with Crippen molar-refractivity contribution in [1.82, 2.24) is 10.2 Å². The van der Waals surface area contributed by atoms with E-state index >= 15 is 0 Å². The van der Waals surface area contributed by atoms with Gasteiger partial charge in [0.2, 0.25) is 11.8 Å². The van der Waals surface area contributed by atoms with Gasteiger partial charge in [-0.1, -0.05) is 92.2 Å². The van der Waals surface area contributed by atoms with Crippen molar-refractivity contribution in [2.45, 2.75) is 52.1 Å². The second-order valence-corrected chi connectivity index (χ2v) is 10.7. The van der Waals surface area contributed by atoms with Gasteiger partial charge < -0.3 is 21.1 Å². The molecule has 4 N–H and O–H groups in total. The fourth-order valence-electron chi connectivity index (χ4n) is 5.43. The Bertz CT molecular complexity index is 1140. The van der Waals surface area contributed by atoms with Crippen molar-refractivity contribution in [2.24, 2.45) is 17.1 Å². The molecule has 0 saturated heterocycles. The molecule has 1 unspecified atom stereocenters. The normalized spacial score (nSPS) is 18.3. The summed E-state index contributed by atoms with van der Waals surface area (Å²) in [7, 11) is 0. The maximum atomic E-state index is 13.5. The van der Waals surface area contributed by atoms with Crippen LogP contribution in [0.4, 0.5) is 0 Å². The Balaban J connectivity index is 1.83. The smallest absolute Gasteiger partial charge is 0.249 e. The van der Waals surface area contributed by atoms with Crippen molar-refractivity contribution in [3.8, 4) is 0 Å². The fraction of sp³-hybridized carbons (Fsp3) is 0.438. The number of primary amides is 1. The van der Waals surface area contributed by atoms with E-state index in [1.807, 2.05) is 73.3 Å². The van der Waals surface area contributed by atoms with Gasteiger partial charge in [-0.05, 0) is 55.8 Å². The molecule has 0 radical (unpaired) electrons. The Labute approximate surface area is 237 Å². The molecule has 2 aromatic carbocycles. The maximum absolute atomic E-state index is 13.5. The summed E-state index contributed by atoms with van der Waals surface area (Å²) in [6.45, 7) is 6.29. The highest BCUT2D eigenvalue weighted by Crippen LogP contribution is 2.43. The molecule has 210 valence electrons. The molecule has 0 aromatic heterocycles. The summed E-state index contributed by atoms with van der Waals surface area (Å²) in [6.07, 6.45) is 7.47. The second kappa shape index (κ2) is 15.0. The third-order valence-electron chi connectivity index (χ3n) is 7.49. The number of allylic oxidation sites excluding steroid dienone is 2. The highest BCUT2D eigenvalue weighted by atomic mass is 35.5. The van der Waals surface area contributed by atoms with Gasteiger partial charge in [0.15, 0.2) is 0 Å². The van der Waals surface area contributed by atoms with E-state index in [1.165, 1.54) is 0 Å². The monoisotopic (exact) mass is 551 g/mol. The third kappa shape index (κ3) is 8.04. The topological polar surface area (TPSA) is 95.7 Å². The van der Waals surface area contributed by atoms with Gasteiger partial charge >= 0.3 is 0 Å². The van der Waals surface area contributed by atoms with E-state index in [2.05, 4.69) is 5.32 Å². The van der Waals surface area contributed by atoms with Crippen LogP contribution in [0.5, 0.6) is 0 Å². The molecule has 0 bridgehead atoms. The number of amides is 2. The fourth-order valence-corrected chi connectivity index (χ4v) is 5.66. The number of nitrogens with zero attached hydrogens (tertiary/aromatic N) is 1. The van der Waals surface area contributed by atoms with E-state index in [1.54, 1.807) is 18.2 Å². The Morgan fingerprint density at radius 1 is 1.08 bits per heavy atom. The van der Waals surface area contributed by atoms with Gasteiger partial charge in [0, 0.05) is 36.1 Å². The first-order valence-electron chi connectivity index (χ1n) is 14.0.